The summed E-state index contributed by atoms with van der Waals surface area (Å²) in [6.07, 6.45) is 0. The van der Waals surface area contributed by atoms with E-state index in [2.05, 4.69) is 10.6 Å². The van der Waals surface area contributed by atoms with Crippen LogP contribution in [0.2, 0.25) is 5.02 Å². The Labute approximate surface area is 123 Å². The number of rotatable bonds is 4. The second-order valence-corrected chi connectivity index (χ2v) is 5.76. The molecule has 0 spiro atoms. The molecule has 0 aliphatic rings. The van der Waals surface area contributed by atoms with Crippen molar-refractivity contribution in [3.05, 3.63) is 28.8 Å². The third kappa shape index (κ3) is 5.09. The zero-order valence-corrected chi connectivity index (χ0v) is 12.8. The Morgan fingerprint density at radius 3 is 2.50 bits per heavy atom. The van der Waals surface area contributed by atoms with Crippen LogP contribution in [0, 0.1) is 0 Å². The second-order valence-electron chi connectivity index (χ2n) is 5.33. The molecule has 1 aromatic carbocycles. The van der Waals surface area contributed by atoms with Crippen LogP contribution in [0.3, 0.4) is 0 Å². The molecule has 0 aliphatic carbocycles. The third-order valence-corrected chi connectivity index (χ3v) is 2.57. The van der Waals surface area contributed by atoms with Gasteiger partial charge in [-0.05, 0) is 39.0 Å². The predicted octanol–water partition coefficient (Wildman–Crippen LogP) is 1.99. The minimum absolute atomic E-state index is 0.105. The lowest BCUT2D eigenvalue weighted by Crippen LogP contribution is -2.45. The van der Waals surface area contributed by atoms with E-state index in [4.69, 9.17) is 16.3 Å². The smallest absolute Gasteiger partial charge is 0.255 e. The molecular weight excluding hydrogens is 280 g/mol. The molecule has 0 bridgehead atoms. The maximum Gasteiger partial charge on any atom is 0.255 e. The van der Waals surface area contributed by atoms with E-state index in [0.717, 1.165) is 0 Å². The summed E-state index contributed by atoms with van der Waals surface area (Å²) in [5.74, 6) is -0.261. The highest BCUT2D eigenvalue weighted by molar-refractivity contribution is 6.31. The van der Waals surface area contributed by atoms with Gasteiger partial charge in [-0.3, -0.25) is 9.59 Å². The molecule has 110 valence electrons. The number of hydrogen-bond acceptors (Lipinski definition) is 3. The van der Waals surface area contributed by atoms with E-state index in [9.17, 15) is 9.59 Å². The summed E-state index contributed by atoms with van der Waals surface area (Å²) in [4.78, 5) is 23.6. The van der Waals surface area contributed by atoms with Gasteiger partial charge in [-0.15, -0.1) is 0 Å². The van der Waals surface area contributed by atoms with Crippen LogP contribution in [-0.2, 0) is 4.79 Å². The number of halogens is 1. The Kier molecular flexibility index (Phi) is 5.39. The molecule has 1 aromatic rings. The molecule has 0 radical (unpaired) electrons. The molecule has 5 nitrogen and oxygen atoms in total. The van der Waals surface area contributed by atoms with Gasteiger partial charge in [0.2, 0.25) is 5.91 Å². The third-order valence-electron chi connectivity index (χ3n) is 2.33. The van der Waals surface area contributed by atoms with Gasteiger partial charge in [-0.2, -0.15) is 0 Å². The summed E-state index contributed by atoms with van der Waals surface area (Å²) in [6.45, 7) is 5.50. The van der Waals surface area contributed by atoms with E-state index < -0.39 is 5.91 Å². The summed E-state index contributed by atoms with van der Waals surface area (Å²) < 4.78 is 5.09. The molecule has 0 atom stereocenters. The number of hydrogen-bond donors (Lipinski definition) is 2. The van der Waals surface area contributed by atoms with Gasteiger partial charge in [0, 0.05) is 10.6 Å². The second kappa shape index (κ2) is 6.61. The number of nitrogens with one attached hydrogen (secondary N) is 2. The first-order valence-corrected chi connectivity index (χ1v) is 6.53. The monoisotopic (exact) mass is 298 g/mol. The van der Waals surface area contributed by atoms with Crippen molar-refractivity contribution in [1.82, 2.24) is 10.6 Å². The van der Waals surface area contributed by atoms with Crippen LogP contribution in [-0.4, -0.2) is 31.0 Å². The Balaban J connectivity index is 2.68. The lowest BCUT2D eigenvalue weighted by molar-refractivity contribution is -0.121. The Hall–Kier alpha value is -1.75. The highest BCUT2D eigenvalue weighted by Crippen LogP contribution is 2.22. The van der Waals surface area contributed by atoms with Crippen molar-refractivity contribution in [3.63, 3.8) is 0 Å². The number of carbonyl (C=O) groups is 2. The number of amides is 2. The van der Waals surface area contributed by atoms with Crippen LogP contribution in [0.5, 0.6) is 5.75 Å². The first-order valence-electron chi connectivity index (χ1n) is 6.15. The average molecular weight is 299 g/mol. The first kappa shape index (κ1) is 16.3. The first-order chi connectivity index (χ1) is 9.23. The molecule has 0 unspecified atom stereocenters. The molecule has 20 heavy (non-hydrogen) atoms. The predicted molar refractivity (Wildman–Crippen MR) is 78.2 cm³/mol. The molecule has 0 aliphatic heterocycles. The molecular formula is C14H19ClN2O3. The summed E-state index contributed by atoms with van der Waals surface area (Å²) in [6, 6.07) is 4.73. The summed E-state index contributed by atoms with van der Waals surface area (Å²) >= 11 is 5.85. The van der Waals surface area contributed by atoms with Crippen LogP contribution in [0.15, 0.2) is 18.2 Å². The molecule has 0 saturated carbocycles. The van der Waals surface area contributed by atoms with Gasteiger partial charge in [0.05, 0.1) is 19.2 Å². The van der Waals surface area contributed by atoms with Gasteiger partial charge in [0.25, 0.3) is 5.91 Å². The Morgan fingerprint density at radius 2 is 1.95 bits per heavy atom. The minimum Gasteiger partial charge on any atom is -0.496 e. The van der Waals surface area contributed by atoms with Crippen LogP contribution in [0.1, 0.15) is 31.1 Å². The number of methoxy groups -OCH3 is 1. The zero-order chi connectivity index (χ0) is 15.3. The quantitative estimate of drug-likeness (QED) is 0.893. The summed E-state index contributed by atoms with van der Waals surface area (Å²) in [5.41, 5.74) is -0.0428. The topological polar surface area (TPSA) is 67.4 Å². The summed E-state index contributed by atoms with van der Waals surface area (Å²) in [7, 11) is 1.46. The average Bonchev–Trinajstić information content (AvgIpc) is 2.33. The van der Waals surface area contributed by atoms with Crippen molar-refractivity contribution >= 4 is 23.4 Å². The van der Waals surface area contributed by atoms with Crippen molar-refractivity contribution in [2.45, 2.75) is 26.3 Å². The van der Waals surface area contributed by atoms with Crippen LogP contribution in [0.4, 0.5) is 0 Å². The fourth-order valence-corrected chi connectivity index (χ4v) is 1.75. The van der Waals surface area contributed by atoms with Crippen molar-refractivity contribution in [2.75, 3.05) is 13.7 Å². The molecule has 2 amide bonds. The maximum atomic E-state index is 12.0. The highest BCUT2D eigenvalue weighted by Gasteiger charge is 2.16. The molecule has 0 fully saturated rings. The van der Waals surface area contributed by atoms with Gasteiger partial charge in [-0.1, -0.05) is 11.6 Å². The lowest BCUT2D eigenvalue weighted by atomic mass is 10.1. The summed E-state index contributed by atoms with van der Waals surface area (Å²) in [5, 5.41) is 5.71. The molecule has 1 rings (SSSR count). The number of ether oxygens (including phenoxy) is 1. The Bertz CT molecular complexity index is 510. The van der Waals surface area contributed by atoms with Crippen molar-refractivity contribution < 1.29 is 14.3 Å². The fourth-order valence-electron chi connectivity index (χ4n) is 1.58. The van der Waals surface area contributed by atoms with E-state index in [1.54, 1.807) is 12.1 Å². The van der Waals surface area contributed by atoms with Crippen molar-refractivity contribution in [2.24, 2.45) is 0 Å². The van der Waals surface area contributed by atoms with E-state index in [1.165, 1.54) is 13.2 Å². The molecule has 0 heterocycles. The highest BCUT2D eigenvalue weighted by atomic mass is 35.5. The van der Waals surface area contributed by atoms with Crippen LogP contribution < -0.4 is 15.4 Å². The van der Waals surface area contributed by atoms with E-state index >= 15 is 0 Å². The van der Waals surface area contributed by atoms with Gasteiger partial charge in [0.15, 0.2) is 0 Å². The van der Waals surface area contributed by atoms with E-state index in [1.807, 2.05) is 20.8 Å². The van der Waals surface area contributed by atoms with Gasteiger partial charge in [0.1, 0.15) is 5.75 Å². The van der Waals surface area contributed by atoms with Gasteiger partial charge < -0.3 is 15.4 Å². The van der Waals surface area contributed by atoms with Crippen LogP contribution >= 0.6 is 11.6 Å². The van der Waals surface area contributed by atoms with Gasteiger partial charge in [-0.25, -0.2) is 0 Å². The molecule has 6 heteroatoms. The normalized spacial score (nSPS) is 10.8. The maximum absolute atomic E-state index is 12.0. The van der Waals surface area contributed by atoms with Crippen molar-refractivity contribution in [3.8, 4) is 5.75 Å². The zero-order valence-electron chi connectivity index (χ0n) is 12.0. The van der Waals surface area contributed by atoms with Crippen molar-refractivity contribution in [1.29, 1.82) is 0 Å². The largest absolute Gasteiger partial charge is 0.496 e. The lowest BCUT2D eigenvalue weighted by Gasteiger charge is -2.20. The minimum atomic E-state index is -0.409. The molecule has 2 N–H and O–H groups in total. The Morgan fingerprint density at radius 1 is 1.30 bits per heavy atom. The molecule has 0 aromatic heterocycles. The molecule has 0 saturated heterocycles. The number of benzene rings is 1. The standard InChI is InChI=1S/C14H19ClN2O3/c1-14(2,3)17-12(18)8-16-13(19)10-7-9(15)5-6-11(10)20-4/h5-7H,8H2,1-4H3,(H,16,19)(H,17,18). The fraction of sp³-hybridized carbons (Fsp3) is 0.429. The van der Waals surface area contributed by atoms with E-state index in [-0.39, 0.29) is 18.0 Å². The number of carbonyl (C=O) groups excluding carboxylic acids is 2. The SMILES string of the molecule is COc1ccc(Cl)cc1C(=O)NCC(=O)NC(C)(C)C. The van der Waals surface area contributed by atoms with E-state index in [0.29, 0.717) is 16.3 Å². The van der Waals surface area contributed by atoms with Crippen LogP contribution in [0.25, 0.3) is 0 Å². The van der Waals surface area contributed by atoms with Gasteiger partial charge >= 0.3 is 0 Å².